The molecule has 0 unspecified atom stereocenters. The Labute approximate surface area is 170 Å². The van der Waals surface area contributed by atoms with E-state index in [0.717, 1.165) is 11.1 Å². The quantitative estimate of drug-likeness (QED) is 0.452. The lowest BCUT2D eigenvalue weighted by Crippen LogP contribution is -2.16. The van der Waals surface area contributed by atoms with Crippen LogP contribution in [0.2, 0.25) is 5.02 Å². The standard InChI is InChI=1S/C22H25ClO5/c1-13(2)18-10-19(23)14(3)8-21(18)27-12-22(25)28-11-17-9-16(15(4)24)6-7-20(17)26-5/h6-10,13H,11-12H2,1-5H3. The zero-order valence-electron chi connectivity index (χ0n) is 16.8. The highest BCUT2D eigenvalue weighted by atomic mass is 35.5. The Morgan fingerprint density at radius 2 is 1.82 bits per heavy atom. The largest absolute Gasteiger partial charge is 0.496 e. The van der Waals surface area contributed by atoms with Gasteiger partial charge in [-0.15, -0.1) is 0 Å². The fourth-order valence-electron chi connectivity index (χ4n) is 2.69. The van der Waals surface area contributed by atoms with Crippen molar-refractivity contribution >= 4 is 23.4 Å². The van der Waals surface area contributed by atoms with Gasteiger partial charge in [-0.05, 0) is 61.2 Å². The highest BCUT2D eigenvalue weighted by molar-refractivity contribution is 6.31. The Morgan fingerprint density at radius 3 is 2.43 bits per heavy atom. The van der Waals surface area contributed by atoms with Gasteiger partial charge >= 0.3 is 5.97 Å². The van der Waals surface area contributed by atoms with Crippen LogP contribution in [0.15, 0.2) is 30.3 Å². The number of esters is 1. The lowest BCUT2D eigenvalue weighted by Gasteiger charge is -2.16. The molecule has 0 aromatic heterocycles. The maximum atomic E-state index is 12.2. The van der Waals surface area contributed by atoms with E-state index in [2.05, 4.69) is 0 Å². The van der Waals surface area contributed by atoms with E-state index in [-0.39, 0.29) is 24.9 Å². The molecule has 0 saturated carbocycles. The fourth-order valence-corrected chi connectivity index (χ4v) is 2.87. The molecule has 2 rings (SSSR count). The number of Topliss-reactive ketones (excluding diaryl/α,β-unsaturated/α-hetero) is 1. The number of hydrogen-bond donors (Lipinski definition) is 0. The lowest BCUT2D eigenvalue weighted by atomic mass is 10.0. The fraction of sp³-hybridized carbons (Fsp3) is 0.364. The molecule has 0 atom stereocenters. The van der Waals surface area contributed by atoms with Gasteiger partial charge in [-0.2, -0.15) is 0 Å². The van der Waals surface area contributed by atoms with Gasteiger partial charge in [-0.3, -0.25) is 4.79 Å². The molecule has 0 spiro atoms. The van der Waals surface area contributed by atoms with Crippen LogP contribution in [0.1, 0.15) is 53.7 Å². The van der Waals surface area contributed by atoms with Crippen molar-refractivity contribution in [1.29, 1.82) is 0 Å². The summed E-state index contributed by atoms with van der Waals surface area (Å²) in [5.41, 5.74) is 2.95. The third-order valence-electron chi connectivity index (χ3n) is 4.33. The third-order valence-corrected chi connectivity index (χ3v) is 4.74. The number of ether oxygens (including phenoxy) is 3. The molecule has 0 fully saturated rings. The summed E-state index contributed by atoms with van der Waals surface area (Å²) in [6.45, 7) is 7.18. The van der Waals surface area contributed by atoms with Crippen molar-refractivity contribution < 1.29 is 23.8 Å². The number of rotatable bonds is 8. The van der Waals surface area contributed by atoms with Crippen LogP contribution in [0.4, 0.5) is 0 Å². The Kier molecular flexibility index (Phi) is 7.46. The first kappa shape index (κ1) is 21.8. The van der Waals surface area contributed by atoms with Crippen LogP contribution in [-0.4, -0.2) is 25.5 Å². The number of carbonyl (C=O) groups excluding carboxylic acids is 2. The van der Waals surface area contributed by atoms with Gasteiger partial charge in [0.05, 0.1) is 7.11 Å². The first-order chi connectivity index (χ1) is 13.2. The molecule has 0 saturated heterocycles. The van der Waals surface area contributed by atoms with Crippen molar-refractivity contribution in [1.82, 2.24) is 0 Å². The van der Waals surface area contributed by atoms with Gasteiger partial charge in [0.2, 0.25) is 0 Å². The van der Waals surface area contributed by atoms with Crippen molar-refractivity contribution in [2.24, 2.45) is 0 Å². The first-order valence-electron chi connectivity index (χ1n) is 8.99. The van der Waals surface area contributed by atoms with Gasteiger partial charge in [0, 0.05) is 16.1 Å². The molecule has 0 radical (unpaired) electrons. The average Bonchev–Trinajstić information content (AvgIpc) is 2.66. The molecule has 0 amide bonds. The second kappa shape index (κ2) is 9.60. The topological polar surface area (TPSA) is 61.8 Å². The summed E-state index contributed by atoms with van der Waals surface area (Å²) < 4.78 is 16.2. The predicted octanol–water partition coefficient (Wildman–Crippen LogP) is 5.11. The van der Waals surface area contributed by atoms with Crippen LogP contribution in [0.25, 0.3) is 0 Å². The molecule has 0 aliphatic rings. The second-order valence-electron chi connectivity index (χ2n) is 6.83. The van der Waals surface area contributed by atoms with Gasteiger partial charge in [0.25, 0.3) is 0 Å². The number of benzene rings is 2. The molecular formula is C22H25ClO5. The highest BCUT2D eigenvalue weighted by Gasteiger charge is 2.14. The molecule has 150 valence electrons. The molecule has 2 aromatic rings. The number of methoxy groups -OCH3 is 1. The van der Waals surface area contributed by atoms with Crippen molar-refractivity contribution in [2.75, 3.05) is 13.7 Å². The number of halogens is 1. The van der Waals surface area contributed by atoms with Crippen LogP contribution in [-0.2, 0) is 16.1 Å². The van der Waals surface area contributed by atoms with E-state index in [9.17, 15) is 9.59 Å². The smallest absolute Gasteiger partial charge is 0.344 e. The van der Waals surface area contributed by atoms with Crippen LogP contribution in [0.5, 0.6) is 11.5 Å². The number of aryl methyl sites for hydroxylation is 1. The molecule has 2 aromatic carbocycles. The van der Waals surface area contributed by atoms with Crippen molar-refractivity contribution in [2.45, 2.75) is 40.2 Å². The minimum absolute atomic E-state index is 0.0107. The van der Waals surface area contributed by atoms with E-state index in [4.69, 9.17) is 25.8 Å². The van der Waals surface area contributed by atoms with E-state index < -0.39 is 5.97 Å². The molecule has 0 N–H and O–H groups in total. The van der Waals surface area contributed by atoms with E-state index in [1.54, 1.807) is 18.2 Å². The lowest BCUT2D eigenvalue weighted by molar-refractivity contribution is -0.147. The van der Waals surface area contributed by atoms with Crippen molar-refractivity contribution in [3.8, 4) is 11.5 Å². The molecule has 0 heterocycles. The Bertz CT molecular complexity index is 873. The van der Waals surface area contributed by atoms with Gasteiger partial charge in [-0.1, -0.05) is 25.4 Å². The van der Waals surface area contributed by atoms with Crippen molar-refractivity contribution in [3.63, 3.8) is 0 Å². The summed E-state index contributed by atoms with van der Waals surface area (Å²) in [6, 6.07) is 8.70. The molecule has 0 aliphatic carbocycles. The molecule has 6 heteroatoms. The summed E-state index contributed by atoms with van der Waals surface area (Å²) in [5, 5.41) is 0.663. The summed E-state index contributed by atoms with van der Waals surface area (Å²) >= 11 is 6.19. The first-order valence-corrected chi connectivity index (χ1v) is 9.37. The number of hydrogen-bond acceptors (Lipinski definition) is 5. The predicted molar refractivity (Wildman–Crippen MR) is 109 cm³/mol. The average molecular weight is 405 g/mol. The molecule has 28 heavy (non-hydrogen) atoms. The summed E-state index contributed by atoms with van der Waals surface area (Å²) in [5.74, 6) is 0.775. The molecule has 0 bridgehead atoms. The molecule has 0 aliphatic heterocycles. The van der Waals surface area contributed by atoms with Crippen LogP contribution in [0.3, 0.4) is 0 Å². The number of carbonyl (C=O) groups is 2. The van der Waals surface area contributed by atoms with E-state index in [1.165, 1.54) is 14.0 Å². The molecular weight excluding hydrogens is 380 g/mol. The summed E-state index contributed by atoms with van der Waals surface area (Å²) in [7, 11) is 1.52. The Morgan fingerprint density at radius 1 is 1.11 bits per heavy atom. The highest BCUT2D eigenvalue weighted by Crippen LogP contribution is 2.32. The monoisotopic (exact) mass is 404 g/mol. The molecule has 5 nitrogen and oxygen atoms in total. The van der Waals surface area contributed by atoms with E-state index in [0.29, 0.717) is 27.6 Å². The zero-order valence-corrected chi connectivity index (χ0v) is 17.6. The Hall–Kier alpha value is -2.53. The maximum absolute atomic E-state index is 12.2. The van der Waals surface area contributed by atoms with Crippen LogP contribution >= 0.6 is 11.6 Å². The second-order valence-corrected chi connectivity index (χ2v) is 7.23. The Balaban J connectivity index is 2.04. The summed E-state index contributed by atoms with van der Waals surface area (Å²) in [4.78, 5) is 23.7. The van der Waals surface area contributed by atoms with Crippen LogP contribution in [0, 0.1) is 6.92 Å². The van der Waals surface area contributed by atoms with Gasteiger partial charge in [-0.25, -0.2) is 4.79 Å². The van der Waals surface area contributed by atoms with Crippen molar-refractivity contribution in [3.05, 3.63) is 57.6 Å². The van der Waals surface area contributed by atoms with E-state index >= 15 is 0 Å². The summed E-state index contributed by atoms with van der Waals surface area (Å²) in [6.07, 6.45) is 0. The maximum Gasteiger partial charge on any atom is 0.344 e. The SMILES string of the molecule is COc1ccc(C(C)=O)cc1COC(=O)COc1cc(C)c(Cl)cc1C(C)C. The van der Waals surface area contributed by atoms with Crippen LogP contribution < -0.4 is 9.47 Å². The van der Waals surface area contributed by atoms with Gasteiger partial charge in [0.1, 0.15) is 18.1 Å². The zero-order chi connectivity index (χ0) is 20.8. The minimum atomic E-state index is -0.516. The van der Waals surface area contributed by atoms with Gasteiger partial charge < -0.3 is 14.2 Å². The normalized spacial score (nSPS) is 10.7. The number of ketones is 1. The van der Waals surface area contributed by atoms with Gasteiger partial charge in [0.15, 0.2) is 12.4 Å². The van der Waals surface area contributed by atoms with E-state index in [1.807, 2.05) is 32.9 Å². The minimum Gasteiger partial charge on any atom is -0.496 e. The third kappa shape index (κ3) is 5.49.